The molecule has 1 atom stereocenters. The van der Waals surface area contributed by atoms with E-state index in [1.807, 2.05) is 0 Å². The van der Waals surface area contributed by atoms with Crippen LogP contribution in [0.4, 0.5) is 8.78 Å². The van der Waals surface area contributed by atoms with Crippen molar-refractivity contribution >= 4 is 23.6 Å². The Morgan fingerprint density at radius 1 is 1.47 bits per heavy atom. The van der Waals surface area contributed by atoms with Crippen LogP contribution in [0.25, 0.3) is 0 Å². The summed E-state index contributed by atoms with van der Waals surface area (Å²) in [4.78, 5) is 23.6. The van der Waals surface area contributed by atoms with Crippen LogP contribution < -0.4 is 0 Å². The molecule has 1 rings (SSSR count). The molecule has 8 heteroatoms. The predicted molar refractivity (Wildman–Crippen MR) is 65.2 cm³/mol. The van der Waals surface area contributed by atoms with Crippen LogP contribution in [0.15, 0.2) is 16.5 Å². The fraction of sp³-hybridized carbons (Fsp3) is 0.455. The normalized spacial score (nSPS) is 12.5. The lowest BCUT2D eigenvalue weighted by molar-refractivity contribution is -0.141. The highest BCUT2D eigenvalue weighted by Gasteiger charge is 2.25. The number of carboxylic acid groups (broad SMARTS) is 1. The van der Waals surface area contributed by atoms with Gasteiger partial charge in [0.2, 0.25) is 0 Å². The van der Waals surface area contributed by atoms with Gasteiger partial charge in [-0.05, 0) is 19.1 Å². The monoisotopic (exact) mass is 293 g/mol. The topological polar surface area (TPSA) is 70.8 Å². The van der Waals surface area contributed by atoms with Crippen molar-refractivity contribution in [3.63, 3.8) is 0 Å². The second-order valence-electron chi connectivity index (χ2n) is 3.77. The standard InChI is InChI=1S/C11H13F2NO4S/c1-6(10(16)17)14(2)9(15)8-4-3-7(18-8)5-19-11(12)13/h3-4,6,11H,5H2,1-2H3,(H,16,17). The molecule has 1 unspecified atom stereocenters. The van der Waals surface area contributed by atoms with Crippen LogP contribution in [0.2, 0.25) is 0 Å². The third-order valence-corrected chi connectivity index (χ3v) is 3.19. The highest BCUT2D eigenvalue weighted by atomic mass is 32.2. The van der Waals surface area contributed by atoms with Crippen molar-refractivity contribution in [1.82, 2.24) is 4.90 Å². The molecule has 0 aliphatic rings. The molecular formula is C11H13F2NO4S. The zero-order chi connectivity index (χ0) is 14.6. The first kappa shape index (κ1) is 15.5. The van der Waals surface area contributed by atoms with Crippen LogP contribution in [0, 0.1) is 0 Å². The van der Waals surface area contributed by atoms with E-state index >= 15 is 0 Å². The summed E-state index contributed by atoms with van der Waals surface area (Å²) in [6.45, 7) is 1.36. The van der Waals surface area contributed by atoms with Crippen molar-refractivity contribution in [2.75, 3.05) is 7.05 Å². The van der Waals surface area contributed by atoms with E-state index in [1.54, 1.807) is 0 Å². The van der Waals surface area contributed by atoms with E-state index in [-0.39, 0.29) is 17.3 Å². The number of rotatable bonds is 6. The van der Waals surface area contributed by atoms with Crippen LogP contribution in [-0.2, 0) is 10.5 Å². The lowest BCUT2D eigenvalue weighted by atomic mass is 10.3. The minimum absolute atomic E-state index is 0.0524. The number of hydrogen-bond acceptors (Lipinski definition) is 4. The summed E-state index contributed by atoms with van der Waals surface area (Å²) < 4.78 is 29.1. The summed E-state index contributed by atoms with van der Waals surface area (Å²) in [6, 6.07) is 1.76. The number of amides is 1. The van der Waals surface area contributed by atoms with Gasteiger partial charge in [-0.15, -0.1) is 0 Å². The number of nitrogens with zero attached hydrogens (tertiary/aromatic N) is 1. The maximum absolute atomic E-state index is 12.0. The third kappa shape index (κ3) is 4.23. The van der Waals surface area contributed by atoms with Gasteiger partial charge in [0.05, 0.1) is 5.75 Å². The van der Waals surface area contributed by atoms with E-state index in [2.05, 4.69) is 0 Å². The van der Waals surface area contributed by atoms with Gasteiger partial charge in [0, 0.05) is 7.05 Å². The average Bonchev–Trinajstić information content (AvgIpc) is 2.82. The minimum Gasteiger partial charge on any atom is -0.480 e. The first-order chi connectivity index (χ1) is 8.82. The maximum Gasteiger partial charge on any atom is 0.326 e. The molecule has 0 fully saturated rings. The first-order valence-corrected chi connectivity index (χ1v) is 6.36. The third-order valence-electron chi connectivity index (χ3n) is 2.48. The summed E-state index contributed by atoms with van der Waals surface area (Å²) in [6.07, 6.45) is 0. The number of likely N-dealkylation sites (N-methyl/N-ethyl adjacent to an activating group) is 1. The van der Waals surface area contributed by atoms with E-state index in [0.29, 0.717) is 11.8 Å². The number of furan rings is 1. The molecule has 1 amide bonds. The van der Waals surface area contributed by atoms with Crippen molar-refractivity contribution in [3.05, 3.63) is 23.7 Å². The lowest BCUT2D eigenvalue weighted by Crippen LogP contribution is -2.40. The molecule has 19 heavy (non-hydrogen) atoms. The molecule has 0 saturated carbocycles. The van der Waals surface area contributed by atoms with Crippen LogP contribution in [-0.4, -0.2) is 40.7 Å². The number of alkyl halides is 2. The zero-order valence-corrected chi connectivity index (χ0v) is 11.1. The summed E-state index contributed by atoms with van der Waals surface area (Å²) >= 11 is 0.383. The quantitative estimate of drug-likeness (QED) is 0.871. The highest BCUT2D eigenvalue weighted by molar-refractivity contribution is 7.98. The number of carbonyl (C=O) groups is 2. The molecule has 0 radical (unpaired) electrons. The Morgan fingerprint density at radius 2 is 2.11 bits per heavy atom. The molecule has 1 aromatic rings. The van der Waals surface area contributed by atoms with Gasteiger partial charge in [0.25, 0.3) is 11.7 Å². The Bertz CT molecular complexity index is 463. The van der Waals surface area contributed by atoms with Crippen molar-refractivity contribution in [2.24, 2.45) is 0 Å². The number of carboxylic acids is 1. The van der Waals surface area contributed by atoms with E-state index in [4.69, 9.17) is 9.52 Å². The molecule has 0 aliphatic carbocycles. The van der Waals surface area contributed by atoms with Crippen molar-refractivity contribution in [3.8, 4) is 0 Å². The molecule has 5 nitrogen and oxygen atoms in total. The molecule has 0 saturated heterocycles. The number of halogens is 2. The molecule has 1 N–H and O–H groups in total. The van der Waals surface area contributed by atoms with Gasteiger partial charge in [-0.1, -0.05) is 11.8 Å². The Labute approximate surface area is 112 Å². The van der Waals surface area contributed by atoms with Gasteiger partial charge >= 0.3 is 5.97 Å². The van der Waals surface area contributed by atoms with Crippen LogP contribution in [0.1, 0.15) is 23.2 Å². The van der Waals surface area contributed by atoms with Gasteiger partial charge in [0.15, 0.2) is 5.76 Å². The van der Waals surface area contributed by atoms with Crippen molar-refractivity contribution in [1.29, 1.82) is 0 Å². The summed E-state index contributed by atoms with van der Waals surface area (Å²) in [5.74, 6) is -4.15. The number of aliphatic carboxylic acids is 1. The van der Waals surface area contributed by atoms with Gasteiger partial charge in [-0.3, -0.25) is 4.79 Å². The Hall–Kier alpha value is -1.57. The fourth-order valence-electron chi connectivity index (χ4n) is 1.23. The summed E-state index contributed by atoms with van der Waals surface area (Å²) in [5.41, 5.74) is 0. The van der Waals surface area contributed by atoms with Crippen molar-refractivity contribution < 1.29 is 27.9 Å². The molecular weight excluding hydrogens is 280 g/mol. The highest BCUT2D eigenvalue weighted by Crippen LogP contribution is 2.21. The Kier molecular flexibility index (Phi) is 5.34. The van der Waals surface area contributed by atoms with Gasteiger partial charge in [-0.25, -0.2) is 4.79 Å². The minimum atomic E-state index is -2.51. The zero-order valence-electron chi connectivity index (χ0n) is 10.3. The van der Waals surface area contributed by atoms with Gasteiger partial charge in [0.1, 0.15) is 11.8 Å². The Morgan fingerprint density at radius 3 is 2.63 bits per heavy atom. The molecule has 0 aromatic carbocycles. The smallest absolute Gasteiger partial charge is 0.326 e. The average molecular weight is 293 g/mol. The molecule has 106 valence electrons. The van der Waals surface area contributed by atoms with Gasteiger partial charge in [-0.2, -0.15) is 8.78 Å². The van der Waals surface area contributed by atoms with E-state index in [1.165, 1.54) is 26.1 Å². The van der Waals surface area contributed by atoms with E-state index in [9.17, 15) is 18.4 Å². The number of hydrogen-bond donors (Lipinski definition) is 1. The van der Waals surface area contributed by atoms with Gasteiger partial charge < -0.3 is 14.4 Å². The molecule has 0 spiro atoms. The predicted octanol–water partition coefficient (Wildman–Crippen LogP) is 2.28. The molecule has 0 bridgehead atoms. The maximum atomic E-state index is 12.0. The molecule has 1 heterocycles. The number of thioether (sulfide) groups is 1. The summed E-state index contributed by atoms with van der Waals surface area (Å²) in [7, 11) is 1.33. The lowest BCUT2D eigenvalue weighted by Gasteiger charge is -2.19. The van der Waals surface area contributed by atoms with Crippen LogP contribution in [0.3, 0.4) is 0 Å². The summed E-state index contributed by atoms with van der Waals surface area (Å²) in [5, 5.41) is 8.79. The van der Waals surface area contributed by atoms with Crippen LogP contribution in [0.5, 0.6) is 0 Å². The Balaban J connectivity index is 2.70. The number of carbonyl (C=O) groups excluding carboxylic acids is 1. The van der Waals surface area contributed by atoms with Crippen LogP contribution >= 0.6 is 11.8 Å². The molecule has 1 aromatic heterocycles. The largest absolute Gasteiger partial charge is 0.480 e. The SMILES string of the molecule is CC(C(=O)O)N(C)C(=O)c1ccc(CSC(F)F)o1. The van der Waals surface area contributed by atoms with E-state index < -0.39 is 23.7 Å². The van der Waals surface area contributed by atoms with E-state index in [0.717, 1.165) is 4.90 Å². The second-order valence-corrected chi connectivity index (χ2v) is 4.75. The fourth-order valence-corrected chi connectivity index (χ4v) is 1.68. The molecule has 0 aliphatic heterocycles. The first-order valence-electron chi connectivity index (χ1n) is 5.31. The second kappa shape index (κ2) is 6.55. The van der Waals surface area contributed by atoms with Crippen molar-refractivity contribution in [2.45, 2.75) is 24.5 Å².